The van der Waals surface area contributed by atoms with Crippen molar-refractivity contribution in [1.82, 2.24) is 4.57 Å². The molecule has 23 heavy (non-hydrogen) atoms. The molecule has 0 radical (unpaired) electrons. The topological polar surface area (TPSA) is 31.2 Å². The first-order valence-electron chi connectivity index (χ1n) is 7.77. The third-order valence-electron chi connectivity index (χ3n) is 4.40. The fourth-order valence-electron chi connectivity index (χ4n) is 3.24. The van der Waals surface area contributed by atoms with Crippen LogP contribution in [0.25, 0.3) is 16.6 Å². The molecule has 1 aliphatic rings. The van der Waals surface area contributed by atoms with Gasteiger partial charge in [0.25, 0.3) is 5.56 Å². The zero-order chi connectivity index (χ0) is 16.0. The minimum atomic E-state index is -0.000648. The summed E-state index contributed by atoms with van der Waals surface area (Å²) in [5.41, 5.74) is 3.50. The monoisotopic (exact) mass is 323 g/mol. The van der Waals surface area contributed by atoms with Crippen molar-refractivity contribution in [2.24, 2.45) is 0 Å². The Labute approximate surface area is 139 Å². The van der Waals surface area contributed by atoms with Crippen LogP contribution in [0, 0.1) is 6.92 Å². The molecule has 3 aromatic rings. The van der Waals surface area contributed by atoms with E-state index in [-0.39, 0.29) is 5.56 Å². The van der Waals surface area contributed by atoms with Crippen molar-refractivity contribution in [3.8, 4) is 11.4 Å². The van der Waals surface area contributed by atoms with Crippen molar-refractivity contribution < 1.29 is 4.74 Å². The second-order valence-corrected chi connectivity index (χ2v) is 6.31. The van der Waals surface area contributed by atoms with E-state index in [4.69, 9.17) is 4.74 Å². The number of ether oxygens (including phenoxy) is 1. The molecule has 4 rings (SSSR count). The maximum atomic E-state index is 13.1. The number of aromatic nitrogens is 1. The molecular weight excluding hydrogens is 306 g/mol. The Hall–Kier alpha value is -2.20. The minimum Gasteiger partial charge on any atom is -0.492 e. The first-order valence-corrected chi connectivity index (χ1v) is 8.21. The van der Waals surface area contributed by atoms with Gasteiger partial charge in [0.2, 0.25) is 0 Å². The van der Waals surface area contributed by atoms with Gasteiger partial charge in [0, 0.05) is 10.3 Å². The van der Waals surface area contributed by atoms with E-state index in [9.17, 15) is 4.79 Å². The molecule has 0 aliphatic carbocycles. The van der Waals surface area contributed by atoms with E-state index in [1.807, 2.05) is 49.4 Å². The third kappa shape index (κ3) is 2.17. The molecule has 0 amide bonds. The van der Waals surface area contributed by atoms with Gasteiger partial charge in [-0.15, -0.1) is 12.6 Å². The van der Waals surface area contributed by atoms with Crippen LogP contribution in [-0.2, 0) is 6.42 Å². The van der Waals surface area contributed by atoms with E-state index in [1.54, 1.807) is 4.57 Å². The number of pyridine rings is 1. The van der Waals surface area contributed by atoms with Crippen molar-refractivity contribution in [3.05, 3.63) is 63.9 Å². The Balaban J connectivity index is 2.17. The first kappa shape index (κ1) is 14.4. The number of benzene rings is 2. The van der Waals surface area contributed by atoms with Gasteiger partial charge in [0.05, 0.1) is 23.4 Å². The van der Waals surface area contributed by atoms with Crippen molar-refractivity contribution in [2.75, 3.05) is 6.61 Å². The van der Waals surface area contributed by atoms with Crippen LogP contribution >= 0.6 is 12.6 Å². The summed E-state index contributed by atoms with van der Waals surface area (Å²) < 4.78 is 7.61. The van der Waals surface area contributed by atoms with Crippen molar-refractivity contribution in [3.63, 3.8) is 0 Å². The van der Waals surface area contributed by atoms with Gasteiger partial charge < -0.3 is 4.74 Å². The summed E-state index contributed by atoms with van der Waals surface area (Å²) in [6.45, 7) is 2.67. The molecule has 3 nitrogen and oxygen atoms in total. The van der Waals surface area contributed by atoms with Crippen LogP contribution in [0.15, 0.2) is 52.2 Å². The predicted molar refractivity (Wildman–Crippen MR) is 95.4 cm³/mol. The van der Waals surface area contributed by atoms with Crippen LogP contribution in [0.1, 0.15) is 17.5 Å². The molecule has 0 atom stereocenters. The van der Waals surface area contributed by atoms with E-state index in [2.05, 4.69) is 12.6 Å². The van der Waals surface area contributed by atoms with E-state index in [0.29, 0.717) is 6.61 Å². The molecule has 4 heteroatoms. The molecule has 116 valence electrons. The second kappa shape index (κ2) is 5.46. The van der Waals surface area contributed by atoms with Crippen LogP contribution in [0.4, 0.5) is 0 Å². The van der Waals surface area contributed by atoms with Crippen LogP contribution in [0.3, 0.4) is 0 Å². The minimum absolute atomic E-state index is 0.000648. The fourth-order valence-corrected chi connectivity index (χ4v) is 3.49. The average molecular weight is 323 g/mol. The Morgan fingerprint density at radius 2 is 1.96 bits per heavy atom. The van der Waals surface area contributed by atoms with Crippen molar-refractivity contribution in [2.45, 2.75) is 24.7 Å². The standard InChI is InChI=1S/C19H17NO2S/c1-12-6-4-10-16(18(12)23)20-15-9-3-2-7-13(15)17-14(19(20)21)8-5-11-22-17/h2-4,6-7,9-10,23H,5,8,11H2,1H3. The molecule has 0 saturated heterocycles. The van der Waals surface area contributed by atoms with E-state index in [1.165, 1.54) is 0 Å². The maximum Gasteiger partial charge on any atom is 0.262 e. The third-order valence-corrected chi connectivity index (χ3v) is 4.98. The lowest BCUT2D eigenvalue weighted by Crippen LogP contribution is -2.27. The SMILES string of the molecule is Cc1cccc(-n2c(=O)c3c(c4ccccc42)OCCC3)c1S. The summed E-state index contributed by atoms with van der Waals surface area (Å²) in [6, 6.07) is 13.8. The predicted octanol–water partition coefficient (Wildman–Crippen LogP) is 3.91. The highest BCUT2D eigenvalue weighted by Crippen LogP contribution is 2.33. The molecule has 0 N–H and O–H groups in total. The van der Waals surface area contributed by atoms with Crippen LogP contribution in [0.2, 0.25) is 0 Å². The van der Waals surface area contributed by atoms with Gasteiger partial charge in [-0.2, -0.15) is 0 Å². The first-order chi connectivity index (χ1) is 11.2. The number of fused-ring (bicyclic) bond motifs is 3. The molecule has 2 heterocycles. The Bertz CT molecular complexity index is 975. The van der Waals surface area contributed by atoms with Crippen LogP contribution < -0.4 is 10.3 Å². The fraction of sp³-hybridized carbons (Fsp3) is 0.211. The smallest absolute Gasteiger partial charge is 0.262 e. The number of hydrogen-bond donors (Lipinski definition) is 1. The van der Waals surface area contributed by atoms with Crippen molar-refractivity contribution in [1.29, 1.82) is 0 Å². The molecule has 0 spiro atoms. The van der Waals surface area contributed by atoms with Gasteiger partial charge in [0.1, 0.15) is 5.75 Å². The molecule has 0 saturated carbocycles. The number of para-hydroxylation sites is 1. The highest BCUT2D eigenvalue weighted by molar-refractivity contribution is 7.80. The van der Waals surface area contributed by atoms with E-state index < -0.39 is 0 Å². The molecule has 0 bridgehead atoms. The summed E-state index contributed by atoms with van der Waals surface area (Å²) in [5, 5.41) is 0.982. The number of aryl methyl sites for hydroxylation is 1. The molecule has 2 aromatic carbocycles. The van der Waals surface area contributed by atoms with Gasteiger partial charge in [-0.25, -0.2) is 0 Å². The zero-order valence-electron chi connectivity index (χ0n) is 12.9. The van der Waals surface area contributed by atoms with Gasteiger partial charge in [0.15, 0.2) is 0 Å². The van der Waals surface area contributed by atoms with Gasteiger partial charge in [-0.1, -0.05) is 24.3 Å². The number of rotatable bonds is 1. The Morgan fingerprint density at radius 3 is 2.83 bits per heavy atom. The number of nitrogens with zero attached hydrogens (tertiary/aromatic N) is 1. The molecular formula is C19H17NO2S. The van der Waals surface area contributed by atoms with Gasteiger partial charge >= 0.3 is 0 Å². The quantitative estimate of drug-likeness (QED) is 0.688. The number of hydrogen-bond acceptors (Lipinski definition) is 3. The van der Waals surface area contributed by atoms with Crippen LogP contribution in [0.5, 0.6) is 5.75 Å². The molecule has 0 unspecified atom stereocenters. The largest absolute Gasteiger partial charge is 0.492 e. The van der Waals surface area contributed by atoms with Crippen LogP contribution in [-0.4, -0.2) is 11.2 Å². The van der Waals surface area contributed by atoms with Gasteiger partial charge in [-0.3, -0.25) is 9.36 Å². The maximum absolute atomic E-state index is 13.1. The lowest BCUT2D eigenvalue weighted by atomic mass is 10.0. The lowest BCUT2D eigenvalue weighted by molar-refractivity contribution is 0.290. The van der Waals surface area contributed by atoms with E-state index in [0.717, 1.165) is 51.2 Å². The Kier molecular flexibility index (Phi) is 3.42. The number of thiol groups is 1. The summed E-state index contributed by atoms with van der Waals surface area (Å²) >= 11 is 4.63. The second-order valence-electron chi connectivity index (χ2n) is 5.86. The summed E-state index contributed by atoms with van der Waals surface area (Å²) in [7, 11) is 0. The van der Waals surface area contributed by atoms with E-state index >= 15 is 0 Å². The molecule has 1 aromatic heterocycles. The summed E-state index contributed by atoms with van der Waals surface area (Å²) in [4.78, 5) is 14.0. The normalized spacial score (nSPS) is 13.7. The lowest BCUT2D eigenvalue weighted by Gasteiger charge is -2.22. The molecule has 1 aliphatic heterocycles. The zero-order valence-corrected chi connectivity index (χ0v) is 13.8. The Morgan fingerprint density at radius 1 is 1.13 bits per heavy atom. The summed E-state index contributed by atoms with van der Waals surface area (Å²) in [6.07, 6.45) is 1.63. The highest BCUT2D eigenvalue weighted by Gasteiger charge is 2.22. The van der Waals surface area contributed by atoms with Crippen molar-refractivity contribution >= 4 is 23.5 Å². The molecule has 0 fully saturated rings. The highest BCUT2D eigenvalue weighted by atomic mass is 32.1. The average Bonchev–Trinajstić information content (AvgIpc) is 2.59. The van der Waals surface area contributed by atoms with Gasteiger partial charge in [-0.05, 0) is 43.5 Å². The summed E-state index contributed by atoms with van der Waals surface area (Å²) in [5.74, 6) is 0.751.